The number of rotatable bonds is 2. The molecule has 0 aromatic heterocycles. The molecular formula is C15H21FN2O. The first-order chi connectivity index (χ1) is 9.00. The molecule has 3 nitrogen and oxygen atoms in total. The number of nitrogens with zero attached hydrogens (tertiary/aromatic N) is 1. The summed E-state index contributed by atoms with van der Waals surface area (Å²) in [5.74, 6) is -0.645. The molecule has 0 atom stereocenters. The summed E-state index contributed by atoms with van der Waals surface area (Å²) < 4.78 is 14.0. The Morgan fingerprint density at radius 2 is 1.95 bits per heavy atom. The van der Waals surface area contributed by atoms with Gasteiger partial charge in [-0.05, 0) is 44.2 Å². The number of hydrogen-bond donors (Lipinski definition) is 1. The summed E-state index contributed by atoms with van der Waals surface area (Å²) in [6, 6.07) is 5.36. The molecule has 0 aliphatic heterocycles. The molecule has 0 spiro atoms. The Hall–Kier alpha value is -1.42. The first-order valence-corrected chi connectivity index (χ1v) is 6.78. The van der Waals surface area contributed by atoms with Gasteiger partial charge in [0, 0.05) is 19.1 Å². The average molecular weight is 264 g/mol. The summed E-state index contributed by atoms with van der Waals surface area (Å²) in [5.41, 5.74) is 6.53. The standard InChI is InChI=1S/C15H21FN2O/c1-10-4-3-5-13(14(10)16)15(19)18(2)12-8-6-11(17)7-9-12/h3-5,11-12H,6-9,17H2,1-2H3. The fourth-order valence-electron chi connectivity index (χ4n) is 2.66. The molecule has 2 N–H and O–H groups in total. The Labute approximate surface area is 113 Å². The van der Waals surface area contributed by atoms with Gasteiger partial charge in [-0.3, -0.25) is 4.79 Å². The van der Waals surface area contributed by atoms with E-state index in [1.807, 2.05) is 0 Å². The van der Waals surface area contributed by atoms with Crippen molar-refractivity contribution < 1.29 is 9.18 Å². The highest BCUT2D eigenvalue weighted by Gasteiger charge is 2.27. The molecule has 0 radical (unpaired) electrons. The highest BCUT2D eigenvalue weighted by atomic mass is 19.1. The third-order valence-electron chi connectivity index (χ3n) is 4.03. The number of carbonyl (C=O) groups is 1. The number of benzene rings is 1. The van der Waals surface area contributed by atoms with Crippen LogP contribution in [0.15, 0.2) is 18.2 Å². The van der Waals surface area contributed by atoms with Crippen molar-refractivity contribution in [3.05, 3.63) is 35.1 Å². The summed E-state index contributed by atoms with van der Waals surface area (Å²) in [4.78, 5) is 14.0. The van der Waals surface area contributed by atoms with Crippen LogP contribution in [0.5, 0.6) is 0 Å². The second kappa shape index (κ2) is 5.70. The highest BCUT2D eigenvalue weighted by molar-refractivity contribution is 5.94. The van der Waals surface area contributed by atoms with E-state index in [0.29, 0.717) is 5.56 Å². The van der Waals surface area contributed by atoms with E-state index in [1.54, 1.807) is 37.1 Å². The molecule has 1 aromatic carbocycles. The third-order valence-corrected chi connectivity index (χ3v) is 4.03. The molecule has 19 heavy (non-hydrogen) atoms. The first kappa shape index (κ1) is 14.0. The molecule has 0 unspecified atom stereocenters. The summed E-state index contributed by atoms with van der Waals surface area (Å²) in [6.07, 6.45) is 3.66. The molecule has 0 bridgehead atoms. The Morgan fingerprint density at radius 3 is 2.58 bits per heavy atom. The van der Waals surface area contributed by atoms with Crippen molar-refractivity contribution in [2.24, 2.45) is 5.73 Å². The van der Waals surface area contributed by atoms with Crippen molar-refractivity contribution in [3.63, 3.8) is 0 Å². The molecular weight excluding hydrogens is 243 g/mol. The minimum atomic E-state index is -0.410. The number of hydrogen-bond acceptors (Lipinski definition) is 2. The van der Waals surface area contributed by atoms with E-state index in [9.17, 15) is 9.18 Å². The smallest absolute Gasteiger partial charge is 0.256 e. The van der Waals surface area contributed by atoms with Crippen molar-refractivity contribution in [1.82, 2.24) is 4.90 Å². The van der Waals surface area contributed by atoms with Crippen molar-refractivity contribution >= 4 is 5.91 Å². The van der Waals surface area contributed by atoms with Crippen LogP contribution in [0.3, 0.4) is 0 Å². The fourth-order valence-corrected chi connectivity index (χ4v) is 2.66. The van der Waals surface area contributed by atoms with Gasteiger partial charge < -0.3 is 10.6 Å². The lowest BCUT2D eigenvalue weighted by Crippen LogP contribution is -2.42. The minimum absolute atomic E-state index is 0.164. The number of carbonyl (C=O) groups excluding carboxylic acids is 1. The van der Waals surface area contributed by atoms with Crippen LogP contribution in [-0.2, 0) is 0 Å². The van der Waals surface area contributed by atoms with E-state index in [0.717, 1.165) is 25.7 Å². The lowest BCUT2D eigenvalue weighted by molar-refractivity contribution is 0.0685. The highest BCUT2D eigenvalue weighted by Crippen LogP contribution is 2.23. The lowest BCUT2D eigenvalue weighted by atomic mass is 9.90. The SMILES string of the molecule is Cc1cccc(C(=O)N(C)C2CCC(N)CC2)c1F. The van der Waals surface area contributed by atoms with E-state index in [2.05, 4.69) is 0 Å². The van der Waals surface area contributed by atoms with Crippen LogP contribution in [0.25, 0.3) is 0 Å². The quantitative estimate of drug-likeness (QED) is 0.892. The van der Waals surface area contributed by atoms with Gasteiger partial charge in [0.15, 0.2) is 0 Å². The molecule has 0 saturated heterocycles. The third kappa shape index (κ3) is 2.95. The van der Waals surface area contributed by atoms with Gasteiger partial charge in [-0.2, -0.15) is 0 Å². The zero-order chi connectivity index (χ0) is 14.0. The van der Waals surface area contributed by atoms with E-state index in [4.69, 9.17) is 5.73 Å². The van der Waals surface area contributed by atoms with Crippen LogP contribution in [-0.4, -0.2) is 29.9 Å². The zero-order valence-electron chi connectivity index (χ0n) is 11.5. The maximum atomic E-state index is 14.0. The zero-order valence-corrected chi connectivity index (χ0v) is 11.5. The van der Waals surface area contributed by atoms with E-state index >= 15 is 0 Å². The molecule has 1 aliphatic carbocycles. The van der Waals surface area contributed by atoms with E-state index in [1.165, 1.54) is 0 Å². The molecule has 1 saturated carbocycles. The van der Waals surface area contributed by atoms with Gasteiger partial charge >= 0.3 is 0 Å². The summed E-state index contributed by atoms with van der Waals surface area (Å²) in [7, 11) is 1.76. The van der Waals surface area contributed by atoms with Gasteiger partial charge in [0.1, 0.15) is 5.82 Å². The number of amides is 1. The van der Waals surface area contributed by atoms with Gasteiger partial charge in [-0.15, -0.1) is 0 Å². The van der Waals surface area contributed by atoms with Crippen LogP contribution in [0.1, 0.15) is 41.6 Å². The lowest BCUT2D eigenvalue weighted by Gasteiger charge is -2.33. The van der Waals surface area contributed by atoms with Gasteiger partial charge in [-0.1, -0.05) is 12.1 Å². The summed E-state index contributed by atoms with van der Waals surface area (Å²) >= 11 is 0. The van der Waals surface area contributed by atoms with Gasteiger partial charge in [-0.25, -0.2) is 4.39 Å². The van der Waals surface area contributed by atoms with Crippen molar-refractivity contribution in [1.29, 1.82) is 0 Å². The molecule has 0 heterocycles. The molecule has 4 heteroatoms. The van der Waals surface area contributed by atoms with Crippen molar-refractivity contribution in [3.8, 4) is 0 Å². The predicted molar refractivity (Wildman–Crippen MR) is 73.5 cm³/mol. The Kier molecular flexibility index (Phi) is 4.20. The van der Waals surface area contributed by atoms with Gasteiger partial charge in [0.25, 0.3) is 5.91 Å². The Morgan fingerprint density at radius 1 is 1.32 bits per heavy atom. The minimum Gasteiger partial charge on any atom is -0.339 e. The van der Waals surface area contributed by atoms with E-state index < -0.39 is 5.82 Å². The van der Waals surface area contributed by atoms with Crippen LogP contribution in [0.4, 0.5) is 4.39 Å². The van der Waals surface area contributed by atoms with Crippen LogP contribution in [0.2, 0.25) is 0 Å². The van der Waals surface area contributed by atoms with Crippen LogP contribution in [0, 0.1) is 12.7 Å². The van der Waals surface area contributed by atoms with Gasteiger partial charge in [0.05, 0.1) is 5.56 Å². The molecule has 104 valence electrons. The van der Waals surface area contributed by atoms with E-state index in [-0.39, 0.29) is 23.6 Å². The van der Waals surface area contributed by atoms with Crippen LogP contribution >= 0.6 is 0 Å². The second-order valence-electron chi connectivity index (χ2n) is 5.42. The summed E-state index contributed by atoms with van der Waals surface area (Å²) in [5, 5.41) is 0. The second-order valence-corrected chi connectivity index (χ2v) is 5.42. The Bertz CT molecular complexity index is 467. The number of halogens is 1. The Balaban J connectivity index is 2.13. The van der Waals surface area contributed by atoms with Crippen LogP contribution < -0.4 is 5.73 Å². The predicted octanol–water partition coefficient (Wildman–Crippen LogP) is 2.48. The maximum absolute atomic E-state index is 14.0. The average Bonchev–Trinajstić information content (AvgIpc) is 2.41. The molecule has 1 aliphatic rings. The largest absolute Gasteiger partial charge is 0.339 e. The first-order valence-electron chi connectivity index (χ1n) is 6.78. The monoisotopic (exact) mass is 264 g/mol. The number of nitrogens with two attached hydrogens (primary N) is 1. The van der Waals surface area contributed by atoms with Crippen molar-refractivity contribution in [2.45, 2.75) is 44.7 Å². The molecule has 1 aromatic rings. The maximum Gasteiger partial charge on any atom is 0.256 e. The topological polar surface area (TPSA) is 46.3 Å². The van der Waals surface area contributed by atoms with Crippen molar-refractivity contribution in [2.75, 3.05) is 7.05 Å². The van der Waals surface area contributed by atoms with Gasteiger partial charge in [0.2, 0.25) is 0 Å². The molecule has 1 amide bonds. The number of aryl methyl sites for hydroxylation is 1. The molecule has 2 rings (SSSR count). The molecule has 1 fully saturated rings. The normalized spacial score (nSPS) is 23.2. The summed E-state index contributed by atoms with van der Waals surface area (Å²) in [6.45, 7) is 1.67. The fraction of sp³-hybridized carbons (Fsp3) is 0.533.